The van der Waals surface area contributed by atoms with Crippen molar-refractivity contribution in [2.45, 2.75) is 6.54 Å². The fourth-order valence-electron chi connectivity index (χ4n) is 2.67. The average molecular weight is 397 g/mol. The molecule has 0 amide bonds. The maximum atomic E-state index is 12.8. The summed E-state index contributed by atoms with van der Waals surface area (Å²) in [6.07, 6.45) is 1.65. The van der Waals surface area contributed by atoms with Gasteiger partial charge in [0.25, 0.3) is 5.56 Å². The normalized spacial score (nSPS) is 11.0. The van der Waals surface area contributed by atoms with Crippen molar-refractivity contribution in [3.05, 3.63) is 86.7 Å². The first-order chi connectivity index (χ1) is 11.7. The molecule has 2 heterocycles. The minimum atomic E-state index is 0.0113. The van der Waals surface area contributed by atoms with Crippen molar-refractivity contribution in [2.75, 3.05) is 0 Å². The van der Waals surface area contributed by atoms with Crippen molar-refractivity contribution >= 4 is 37.5 Å². The summed E-state index contributed by atoms with van der Waals surface area (Å²) in [7, 11) is 0. The van der Waals surface area contributed by atoms with Crippen LogP contribution >= 0.6 is 27.3 Å². The van der Waals surface area contributed by atoms with Crippen LogP contribution < -0.4 is 5.56 Å². The Labute approximate surface area is 151 Å². The fourth-order valence-corrected chi connectivity index (χ4v) is 3.91. The molecule has 0 bridgehead atoms. The zero-order valence-corrected chi connectivity index (χ0v) is 15.0. The number of hydrogen-bond acceptors (Lipinski definition) is 3. The summed E-state index contributed by atoms with van der Waals surface area (Å²) in [5.41, 5.74) is 3.95. The van der Waals surface area contributed by atoms with Crippen LogP contribution in [0.2, 0.25) is 0 Å². The second-order valence-corrected chi connectivity index (χ2v) is 7.29. The smallest absolute Gasteiger partial charge is 0.271 e. The van der Waals surface area contributed by atoms with Gasteiger partial charge in [-0.25, -0.2) is 4.98 Å². The summed E-state index contributed by atoms with van der Waals surface area (Å²) in [4.78, 5) is 17.3. The quantitative estimate of drug-likeness (QED) is 0.491. The molecule has 0 atom stereocenters. The van der Waals surface area contributed by atoms with Crippen molar-refractivity contribution in [1.29, 1.82) is 0 Å². The van der Waals surface area contributed by atoms with Crippen molar-refractivity contribution in [2.24, 2.45) is 0 Å². The minimum absolute atomic E-state index is 0.0113. The van der Waals surface area contributed by atoms with E-state index in [1.807, 2.05) is 60.0 Å². The Morgan fingerprint density at radius 1 is 1.04 bits per heavy atom. The number of fused-ring (bicyclic) bond motifs is 1. The van der Waals surface area contributed by atoms with Gasteiger partial charge in [-0.15, -0.1) is 11.3 Å². The highest BCUT2D eigenvalue weighted by Gasteiger charge is 2.12. The summed E-state index contributed by atoms with van der Waals surface area (Å²) in [5.74, 6) is 0. The first-order valence-electron chi connectivity index (χ1n) is 7.49. The third-order valence-corrected chi connectivity index (χ3v) is 5.38. The van der Waals surface area contributed by atoms with Gasteiger partial charge in [0, 0.05) is 15.4 Å². The van der Waals surface area contributed by atoms with Crippen LogP contribution in [0.4, 0.5) is 0 Å². The summed E-state index contributed by atoms with van der Waals surface area (Å²) in [6, 6.07) is 18.0. The van der Waals surface area contributed by atoms with E-state index in [2.05, 4.69) is 20.9 Å². The molecule has 0 fully saturated rings. The van der Waals surface area contributed by atoms with Gasteiger partial charge in [-0.1, -0.05) is 58.4 Å². The fraction of sp³-hybridized carbons (Fsp3) is 0.0526. The van der Waals surface area contributed by atoms with Crippen LogP contribution in [0, 0.1) is 0 Å². The molecule has 0 unspecified atom stereocenters. The van der Waals surface area contributed by atoms with Crippen LogP contribution in [0.3, 0.4) is 0 Å². The van der Waals surface area contributed by atoms with Crippen LogP contribution in [0.15, 0.2) is 75.6 Å². The van der Waals surface area contributed by atoms with Crippen LogP contribution in [-0.4, -0.2) is 9.55 Å². The number of thiophene rings is 1. The van der Waals surface area contributed by atoms with Crippen molar-refractivity contribution in [3.8, 4) is 11.1 Å². The molecule has 0 aliphatic carbocycles. The lowest BCUT2D eigenvalue weighted by Gasteiger charge is -2.06. The van der Waals surface area contributed by atoms with Gasteiger partial charge in [-0.3, -0.25) is 9.36 Å². The van der Waals surface area contributed by atoms with Gasteiger partial charge in [0.2, 0.25) is 0 Å². The van der Waals surface area contributed by atoms with E-state index in [-0.39, 0.29) is 5.56 Å². The van der Waals surface area contributed by atoms with Gasteiger partial charge in [0.05, 0.1) is 18.4 Å². The first-order valence-corrected chi connectivity index (χ1v) is 9.16. The van der Waals surface area contributed by atoms with Crippen LogP contribution in [-0.2, 0) is 6.54 Å². The Kier molecular flexibility index (Phi) is 4.04. The Morgan fingerprint density at radius 3 is 2.54 bits per heavy atom. The number of aromatic nitrogens is 2. The van der Waals surface area contributed by atoms with Gasteiger partial charge < -0.3 is 0 Å². The SMILES string of the molecule is O=c1c2scc(-c3ccc(Br)cc3)c2ncn1Cc1ccccc1. The zero-order valence-electron chi connectivity index (χ0n) is 12.6. The van der Waals surface area contributed by atoms with Gasteiger partial charge >= 0.3 is 0 Å². The van der Waals surface area contributed by atoms with Crippen LogP contribution in [0.5, 0.6) is 0 Å². The molecular formula is C19H13BrN2OS. The molecule has 5 heteroatoms. The van der Waals surface area contributed by atoms with Gasteiger partial charge in [-0.2, -0.15) is 0 Å². The second kappa shape index (κ2) is 6.34. The molecule has 24 heavy (non-hydrogen) atoms. The lowest BCUT2D eigenvalue weighted by atomic mass is 10.1. The highest BCUT2D eigenvalue weighted by Crippen LogP contribution is 2.31. The average Bonchev–Trinajstić information content (AvgIpc) is 3.04. The number of rotatable bonds is 3. The van der Waals surface area contributed by atoms with Crippen molar-refractivity contribution in [3.63, 3.8) is 0 Å². The van der Waals surface area contributed by atoms with Crippen LogP contribution in [0.1, 0.15) is 5.56 Å². The first kappa shape index (κ1) is 15.3. The number of halogens is 1. The molecule has 118 valence electrons. The van der Waals surface area contributed by atoms with E-state index in [9.17, 15) is 4.79 Å². The summed E-state index contributed by atoms with van der Waals surface area (Å²) >= 11 is 4.90. The van der Waals surface area contributed by atoms with E-state index in [0.717, 1.165) is 26.7 Å². The maximum absolute atomic E-state index is 12.8. The molecule has 4 aromatic rings. The zero-order chi connectivity index (χ0) is 16.5. The molecule has 0 spiro atoms. The van der Waals surface area contributed by atoms with E-state index in [1.165, 1.54) is 11.3 Å². The van der Waals surface area contributed by atoms with Gasteiger partial charge in [0.15, 0.2) is 0 Å². The number of benzene rings is 2. The Balaban J connectivity index is 1.78. The van der Waals surface area contributed by atoms with Crippen molar-refractivity contribution in [1.82, 2.24) is 9.55 Å². The highest BCUT2D eigenvalue weighted by molar-refractivity contribution is 9.10. The third-order valence-electron chi connectivity index (χ3n) is 3.90. The minimum Gasteiger partial charge on any atom is -0.294 e. The molecule has 2 aromatic heterocycles. The number of nitrogens with zero attached hydrogens (tertiary/aromatic N) is 2. The largest absolute Gasteiger partial charge is 0.294 e. The second-order valence-electron chi connectivity index (χ2n) is 5.50. The Morgan fingerprint density at radius 2 is 1.79 bits per heavy atom. The summed E-state index contributed by atoms with van der Waals surface area (Å²) in [6.45, 7) is 0.536. The third kappa shape index (κ3) is 2.81. The van der Waals surface area contributed by atoms with Crippen LogP contribution in [0.25, 0.3) is 21.3 Å². The van der Waals surface area contributed by atoms with E-state index in [1.54, 1.807) is 10.9 Å². The molecule has 0 radical (unpaired) electrons. The maximum Gasteiger partial charge on any atom is 0.271 e. The molecule has 0 aliphatic rings. The molecular weight excluding hydrogens is 384 g/mol. The Hall–Kier alpha value is -2.24. The lowest BCUT2D eigenvalue weighted by molar-refractivity contribution is 0.750. The van der Waals surface area contributed by atoms with Crippen molar-refractivity contribution < 1.29 is 0 Å². The predicted octanol–water partition coefficient (Wildman–Crippen LogP) is 4.94. The lowest BCUT2D eigenvalue weighted by Crippen LogP contribution is -2.20. The molecule has 4 rings (SSSR count). The van der Waals surface area contributed by atoms with E-state index < -0.39 is 0 Å². The Bertz CT molecular complexity index is 1050. The highest BCUT2D eigenvalue weighted by atomic mass is 79.9. The monoisotopic (exact) mass is 396 g/mol. The molecule has 0 N–H and O–H groups in total. The standard InChI is InChI=1S/C19H13BrN2OS/c20-15-8-6-14(7-9-15)16-11-24-18-17(16)21-12-22(19(18)23)10-13-4-2-1-3-5-13/h1-9,11-12H,10H2. The van der Waals surface area contributed by atoms with E-state index >= 15 is 0 Å². The number of hydrogen-bond donors (Lipinski definition) is 0. The van der Waals surface area contributed by atoms with E-state index in [0.29, 0.717) is 11.2 Å². The van der Waals surface area contributed by atoms with E-state index in [4.69, 9.17) is 0 Å². The summed E-state index contributed by atoms with van der Waals surface area (Å²) in [5, 5.41) is 2.01. The molecule has 3 nitrogen and oxygen atoms in total. The predicted molar refractivity (Wildman–Crippen MR) is 103 cm³/mol. The molecule has 0 saturated carbocycles. The summed E-state index contributed by atoms with van der Waals surface area (Å²) < 4.78 is 3.40. The molecule has 2 aromatic carbocycles. The van der Waals surface area contributed by atoms with Gasteiger partial charge in [0.1, 0.15) is 4.70 Å². The molecule has 0 saturated heterocycles. The topological polar surface area (TPSA) is 34.9 Å². The van der Waals surface area contributed by atoms with Gasteiger partial charge in [-0.05, 0) is 23.3 Å². The molecule has 0 aliphatic heterocycles.